The second-order valence-corrected chi connectivity index (χ2v) is 9.28. The fourth-order valence-electron chi connectivity index (χ4n) is 3.39. The molecular weight excluding hydrogens is 360 g/mol. The van der Waals surface area contributed by atoms with Gasteiger partial charge in [0, 0.05) is 30.1 Å². The van der Waals surface area contributed by atoms with E-state index in [0.717, 1.165) is 19.3 Å². The van der Waals surface area contributed by atoms with E-state index >= 15 is 0 Å². The lowest BCUT2D eigenvalue weighted by atomic mass is 10.0. The number of benzene rings is 2. The van der Waals surface area contributed by atoms with Crippen molar-refractivity contribution < 1.29 is 13.2 Å². The zero-order chi connectivity index (χ0) is 19.4. The van der Waals surface area contributed by atoms with Gasteiger partial charge in [-0.1, -0.05) is 24.6 Å². The van der Waals surface area contributed by atoms with Gasteiger partial charge in [0.2, 0.25) is 0 Å². The Hall–Kier alpha value is -2.18. The van der Waals surface area contributed by atoms with Gasteiger partial charge >= 0.3 is 0 Å². The minimum absolute atomic E-state index is 0.140. The molecule has 0 radical (unpaired) electrons. The van der Waals surface area contributed by atoms with E-state index in [2.05, 4.69) is 17.1 Å². The molecule has 3 rings (SSSR count). The Bertz CT molecular complexity index is 907. The second kappa shape index (κ2) is 8.23. The minimum Gasteiger partial charge on any atom is -0.322 e. The Balaban J connectivity index is 1.65. The lowest BCUT2D eigenvalue weighted by molar-refractivity contribution is 0.102. The molecule has 1 atom stereocenters. The summed E-state index contributed by atoms with van der Waals surface area (Å²) in [5.41, 5.74) is 2.24. The largest absolute Gasteiger partial charge is 0.322 e. The van der Waals surface area contributed by atoms with E-state index in [1.54, 1.807) is 12.1 Å². The van der Waals surface area contributed by atoms with Crippen molar-refractivity contribution in [2.45, 2.75) is 43.7 Å². The molecule has 0 aliphatic carbocycles. The van der Waals surface area contributed by atoms with E-state index < -0.39 is 9.84 Å². The van der Waals surface area contributed by atoms with Gasteiger partial charge in [0.05, 0.1) is 4.90 Å². The van der Waals surface area contributed by atoms with Gasteiger partial charge in [-0.3, -0.25) is 9.69 Å². The average molecular weight is 387 g/mol. The highest BCUT2D eigenvalue weighted by atomic mass is 32.2. The maximum Gasteiger partial charge on any atom is 0.255 e. The van der Waals surface area contributed by atoms with Gasteiger partial charge in [0.1, 0.15) is 0 Å². The summed E-state index contributed by atoms with van der Waals surface area (Å²) < 4.78 is 23.3. The van der Waals surface area contributed by atoms with Crippen molar-refractivity contribution in [2.24, 2.45) is 0 Å². The van der Waals surface area contributed by atoms with Crippen molar-refractivity contribution in [1.29, 1.82) is 0 Å². The first-order valence-corrected chi connectivity index (χ1v) is 11.2. The van der Waals surface area contributed by atoms with Crippen LogP contribution in [0.25, 0.3) is 0 Å². The van der Waals surface area contributed by atoms with E-state index in [4.69, 9.17) is 0 Å². The van der Waals surface area contributed by atoms with Crippen LogP contribution in [0.15, 0.2) is 53.4 Å². The Kier molecular flexibility index (Phi) is 5.97. The molecule has 0 aromatic heterocycles. The molecule has 1 aliphatic heterocycles. The number of carbonyl (C=O) groups excluding carboxylic acids is 1. The van der Waals surface area contributed by atoms with Crippen LogP contribution in [0.4, 0.5) is 5.69 Å². The molecule has 1 saturated heterocycles. The smallest absolute Gasteiger partial charge is 0.255 e. The average Bonchev–Trinajstić information content (AvgIpc) is 2.64. The fourth-order valence-corrected chi connectivity index (χ4v) is 4.06. The van der Waals surface area contributed by atoms with Crippen LogP contribution in [0, 0.1) is 0 Å². The van der Waals surface area contributed by atoms with E-state index in [9.17, 15) is 13.2 Å². The van der Waals surface area contributed by atoms with Gasteiger partial charge in [-0.25, -0.2) is 8.42 Å². The number of likely N-dealkylation sites (tertiary alicyclic amines) is 1. The number of nitrogens with one attached hydrogen (secondary N) is 1. The monoisotopic (exact) mass is 386 g/mol. The summed E-state index contributed by atoms with van der Waals surface area (Å²) >= 11 is 0. The van der Waals surface area contributed by atoms with Crippen LogP contribution in [0.2, 0.25) is 0 Å². The van der Waals surface area contributed by atoms with E-state index in [-0.39, 0.29) is 10.8 Å². The minimum atomic E-state index is -3.34. The molecule has 0 bridgehead atoms. The summed E-state index contributed by atoms with van der Waals surface area (Å²) in [7, 11) is -3.34. The lowest BCUT2D eigenvalue weighted by Crippen LogP contribution is -2.36. The first-order chi connectivity index (χ1) is 12.8. The number of anilines is 1. The van der Waals surface area contributed by atoms with Crippen LogP contribution in [-0.4, -0.2) is 38.1 Å². The topological polar surface area (TPSA) is 66.5 Å². The Morgan fingerprint density at radius 1 is 1.15 bits per heavy atom. The predicted octanol–water partition coefficient (Wildman–Crippen LogP) is 3.72. The van der Waals surface area contributed by atoms with E-state index in [1.807, 2.05) is 24.3 Å². The summed E-state index contributed by atoms with van der Waals surface area (Å²) in [6.45, 7) is 4.33. The number of nitrogens with zero attached hydrogens (tertiary/aromatic N) is 1. The summed E-state index contributed by atoms with van der Waals surface area (Å²) in [5, 5.41) is 2.83. The number of carbonyl (C=O) groups is 1. The highest BCUT2D eigenvalue weighted by molar-refractivity contribution is 7.90. The third-order valence-electron chi connectivity index (χ3n) is 5.06. The Labute approximate surface area is 161 Å². The standard InChI is InChI=1S/C21H26N2O3S/c1-16-6-3-4-13-23(16)15-17-9-11-19(12-10-17)22-21(24)18-7-5-8-20(14-18)27(2,25)26/h5,7-12,14,16H,3-4,6,13,15H2,1-2H3,(H,22,24). The molecule has 1 unspecified atom stereocenters. The maximum atomic E-state index is 12.4. The van der Waals surface area contributed by atoms with Crippen LogP contribution >= 0.6 is 0 Å². The number of piperidine rings is 1. The van der Waals surface area contributed by atoms with Crippen molar-refractivity contribution in [2.75, 3.05) is 18.1 Å². The number of amides is 1. The predicted molar refractivity (Wildman–Crippen MR) is 108 cm³/mol. The zero-order valence-electron chi connectivity index (χ0n) is 15.8. The maximum absolute atomic E-state index is 12.4. The van der Waals surface area contributed by atoms with Crippen LogP contribution < -0.4 is 5.32 Å². The zero-order valence-corrected chi connectivity index (χ0v) is 16.6. The molecule has 1 heterocycles. The molecule has 1 amide bonds. The van der Waals surface area contributed by atoms with Crippen molar-refractivity contribution in [1.82, 2.24) is 4.90 Å². The fraction of sp³-hybridized carbons (Fsp3) is 0.381. The van der Waals surface area contributed by atoms with Crippen LogP contribution in [0.1, 0.15) is 42.1 Å². The SMILES string of the molecule is CC1CCCCN1Cc1ccc(NC(=O)c2cccc(S(C)(=O)=O)c2)cc1. The molecule has 6 heteroatoms. The van der Waals surface area contributed by atoms with Crippen molar-refractivity contribution in [3.8, 4) is 0 Å². The number of hydrogen-bond acceptors (Lipinski definition) is 4. The normalized spacial score (nSPS) is 18.2. The van der Waals surface area contributed by atoms with E-state index in [0.29, 0.717) is 17.3 Å². The van der Waals surface area contributed by atoms with Gasteiger partial charge in [-0.2, -0.15) is 0 Å². The summed E-state index contributed by atoms with van der Waals surface area (Å²) in [4.78, 5) is 15.1. The van der Waals surface area contributed by atoms with Crippen molar-refractivity contribution in [3.05, 3.63) is 59.7 Å². The van der Waals surface area contributed by atoms with Crippen LogP contribution in [0.5, 0.6) is 0 Å². The van der Waals surface area contributed by atoms with Gasteiger partial charge < -0.3 is 5.32 Å². The Morgan fingerprint density at radius 2 is 1.89 bits per heavy atom. The van der Waals surface area contributed by atoms with Gasteiger partial charge in [0.25, 0.3) is 5.91 Å². The summed E-state index contributed by atoms with van der Waals surface area (Å²) in [6.07, 6.45) is 4.95. The van der Waals surface area contributed by atoms with Gasteiger partial charge in [0.15, 0.2) is 9.84 Å². The molecule has 2 aromatic rings. The molecule has 1 N–H and O–H groups in total. The van der Waals surface area contributed by atoms with Crippen LogP contribution in [-0.2, 0) is 16.4 Å². The molecule has 2 aromatic carbocycles. The summed E-state index contributed by atoms with van der Waals surface area (Å²) in [5.74, 6) is -0.321. The van der Waals surface area contributed by atoms with Gasteiger partial charge in [-0.05, 0) is 62.2 Å². The molecule has 5 nitrogen and oxygen atoms in total. The third-order valence-corrected chi connectivity index (χ3v) is 6.17. The lowest BCUT2D eigenvalue weighted by Gasteiger charge is -2.33. The van der Waals surface area contributed by atoms with E-state index in [1.165, 1.54) is 37.0 Å². The molecule has 27 heavy (non-hydrogen) atoms. The number of rotatable bonds is 5. The molecule has 144 valence electrons. The summed E-state index contributed by atoms with van der Waals surface area (Å²) in [6, 6.07) is 14.5. The van der Waals surface area contributed by atoms with Crippen LogP contribution in [0.3, 0.4) is 0 Å². The molecule has 0 spiro atoms. The molecule has 1 aliphatic rings. The van der Waals surface area contributed by atoms with Crippen molar-refractivity contribution in [3.63, 3.8) is 0 Å². The third kappa shape index (κ3) is 5.17. The highest BCUT2D eigenvalue weighted by Gasteiger charge is 2.18. The second-order valence-electron chi connectivity index (χ2n) is 7.27. The molecule has 0 saturated carbocycles. The number of hydrogen-bond donors (Lipinski definition) is 1. The molecule has 1 fully saturated rings. The quantitative estimate of drug-likeness (QED) is 0.851. The highest BCUT2D eigenvalue weighted by Crippen LogP contribution is 2.20. The number of sulfone groups is 1. The van der Waals surface area contributed by atoms with Crippen molar-refractivity contribution >= 4 is 21.4 Å². The first-order valence-electron chi connectivity index (χ1n) is 9.27. The molecular formula is C21H26N2O3S. The Morgan fingerprint density at radius 3 is 2.56 bits per heavy atom. The van der Waals surface area contributed by atoms with Gasteiger partial charge in [-0.15, -0.1) is 0 Å². The first kappa shape index (κ1) is 19.6.